The van der Waals surface area contributed by atoms with Crippen LogP contribution in [-0.2, 0) is 14.3 Å². The van der Waals surface area contributed by atoms with E-state index in [2.05, 4.69) is 16.3 Å². The molecule has 6 heteroatoms. The Morgan fingerprint density at radius 1 is 1.48 bits per heavy atom. The molecule has 0 aromatic heterocycles. The fourth-order valence-corrected chi connectivity index (χ4v) is 2.33. The molecule has 0 bridgehead atoms. The molecule has 1 unspecified atom stereocenters. The van der Waals surface area contributed by atoms with E-state index < -0.39 is 0 Å². The first-order valence-electron chi connectivity index (χ1n) is 7.28. The monoisotopic (exact) mass is 295 g/mol. The second kappa shape index (κ2) is 9.37. The second-order valence-electron chi connectivity index (χ2n) is 5.18. The van der Waals surface area contributed by atoms with Gasteiger partial charge in [-0.15, -0.1) is 0 Å². The smallest absolute Gasteiger partial charge is 0.308 e. The summed E-state index contributed by atoms with van der Waals surface area (Å²) in [5, 5.41) is 12.1. The molecule has 6 nitrogen and oxygen atoms in total. The van der Waals surface area contributed by atoms with Crippen LogP contribution in [0.5, 0.6) is 0 Å². The van der Waals surface area contributed by atoms with E-state index in [0.29, 0.717) is 5.57 Å². The quantitative estimate of drug-likeness (QED) is 0.427. The van der Waals surface area contributed by atoms with Crippen LogP contribution in [0.25, 0.3) is 0 Å². The van der Waals surface area contributed by atoms with Gasteiger partial charge in [-0.2, -0.15) is 5.26 Å². The molecule has 118 valence electrons. The highest BCUT2D eigenvalue weighted by molar-refractivity contribution is 5.72. The Balaban J connectivity index is 2.24. The van der Waals surface area contributed by atoms with Crippen molar-refractivity contribution in [2.75, 3.05) is 40.4 Å². The fourth-order valence-electron chi connectivity index (χ4n) is 2.33. The molecule has 0 saturated carbocycles. The number of nitrogens with zero attached hydrogens (tertiary/aromatic N) is 2. The predicted octanol–water partition coefficient (Wildman–Crippen LogP) is 0.903. The average Bonchev–Trinajstić information content (AvgIpc) is 2.54. The molecule has 0 aromatic rings. The Morgan fingerprint density at radius 2 is 2.14 bits per heavy atom. The van der Waals surface area contributed by atoms with Crippen LogP contribution in [0.4, 0.5) is 0 Å². The number of likely N-dealkylation sites (tertiary alicyclic amines) is 1. The first-order chi connectivity index (χ1) is 10.1. The van der Waals surface area contributed by atoms with Gasteiger partial charge in [0.25, 0.3) is 0 Å². The number of hydrogen-bond donors (Lipinski definition) is 1. The third-order valence-electron chi connectivity index (χ3n) is 3.87. The van der Waals surface area contributed by atoms with Crippen molar-refractivity contribution in [1.82, 2.24) is 10.2 Å². The molecule has 1 N–H and O–H groups in total. The summed E-state index contributed by atoms with van der Waals surface area (Å²) in [6.07, 6.45) is 3.23. The Hall–Kier alpha value is -1.58. The lowest BCUT2D eigenvalue weighted by Crippen LogP contribution is -2.39. The highest BCUT2D eigenvalue weighted by Gasteiger charge is 2.24. The topological polar surface area (TPSA) is 74.6 Å². The third kappa shape index (κ3) is 5.74. The summed E-state index contributed by atoms with van der Waals surface area (Å²) in [4.78, 5) is 13.7. The minimum Gasteiger partial charge on any atom is -0.469 e. The third-order valence-corrected chi connectivity index (χ3v) is 3.87. The molecule has 1 rings (SSSR count). The first-order valence-corrected chi connectivity index (χ1v) is 7.28. The first kappa shape index (κ1) is 17.5. The maximum atomic E-state index is 11.4. The van der Waals surface area contributed by atoms with Gasteiger partial charge in [-0.25, -0.2) is 0 Å². The molecule has 1 fully saturated rings. The summed E-state index contributed by atoms with van der Waals surface area (Å²) in [6, 6.07) is 2.12. The van der Waals surface area contributed by atoms with Crippen molar-refractivity contribution >= 4 is 5.97 Å². The summed E-state index contributed by atoms with van der Waals surface area (Å²) in [5.41, 5.74) is 0.585. The van der Waals surface area contributed by atoms with Crippen molar-refractivity contribution < 1.29 is 14.3 Å². The standard InChI is InChI=1S/C15H25N3O3/c1-12(20-2)14(10-16)11-17-6-9-18-7-4-13(5-8-18)15(19)21-3/h11-13,17H,4-9H2,1-3H3/b14-11-. The van der Waals surface area contributed by atoms with E-state index in [1.807, 2.05) is 6.92 Å². The fraction of sp³-hybridized carbons (Fsp3) is 0.733. The number of hydrogen-bond acceptors (Lipinski definition) is 6. The van der Waals surface area contributed by atoms with Crippen molar-refractivity contribution in [3.8, 4) is 6.07 Å². The van der Waals surface area contributed by atoms with Crippen molar-refractivity contribution in [3.05, 3.63) is 11.8 Å². The van der Waals surface area contributed by atoms with Crippen molar-refractivity contribution in [1.29, 1.82) is 5.26 Å². The molecule has 0 aromatic carbocycles. The van der Waals surface area contributed by atoms with Gasteiger partial charge in [0, 0.05) is 26.4 Å². The van der Waals surface area contributed by atoms with E-state index >= 15 is 0 Å². The van der Waals surface area contributed by atoms with E-state index in [9.17, 15) is 4.79 Å². The minimum atomic E-state index is -0.196. The van der Waals surface area contributed by atoms with Crippen LogP contribution < -0.4 is 5.32 Å². The predicted molar refractivity (Wildman–Crippen MR) is 79.3 cm³/mol. The molecular weight excluding hydrogens is 270 g/mol. The second-order valence-corrected chi connectivity index (χ2v) is 5.18. The van der Waals surface area contributed by atoms with Gasteiger partial charge in [-0.3, -0.25) is 4.79 Å². The van der Waals surface area contributed by atoms with Crippen LogP contribution >= 0.6 is 0 Å². The highest BCUT2D eigenvalue weighted by atomic mass is 16.5. The zero-order valence-corrected chi connectivity index (χ0v) is 13.1. The molecule has 1 saturated heterocycles. The Morgan fingerprint density at radius 3 is 2.67 bits per heavy atom. The van der Waals surface area contributed by atoms with Gasteiger partial charge in [0.1, 0.15) is 0 Å². The highest BCUT2D eigenvalue weighted by Crippen LogP contribution is 2.17. The molecule has 1 heterocycles. The SMILES string of the molecule is COC(=O)C1CCN(CCN/C=C(/C#N)C(C)OC)CC1. The molecule has 0 aliphatic carbocycles. The van der Waals surface area contributed by atoms with E-state index in [0.717, 1.165) is 39.0 Å². The van der Waals surface area contributed by atoms with Gasteiger partial charge in [0.05, 0.1) is 30.8 Å². The van der Waals surface area contributed by atoms with Gasteiger partial charge >= 0.3 is 5.97 Å². The summed E-state index contributed by atoms with van der Waals surface area (Å²) < 4.78 is 9.89. The van der Waals surface area contributed by atoms with Gasteiger partial charge in [0.15, 0.2) is 0 Å². The van der Waals surface area contributed by atoms with Gasteiger partial charge in [-0.1, -0.05) is 0 Å². The summed E-state index contributed by atoms with van der Waals surface area (Å²) in [5.74, 6) is -0.0465. The Labute approximate surface area is 126 Å². The lowest BCUT2D eigenvalue weighted by molar-refractivity contribution is -0.147. The van der Waals surface area contributed by atoms with E-state index in [-0.39, 0.29) is 18.0 Å². The number of nitrogens with one attached hydrogen (secondary N) is 1. The molecule has 21 heavy (non-hydrogen) atoms. The molecule has 1 aliphatic heterocycles. The van der Waals surface area contributed by atoms with Crippen LogP contribution in [-0.4, -0.2) is 57.4 Å². The number of ether oxygens (including phenoxy) is 2. The number of piperidine rings is 1. The zero-order valence-electron chi connectivity index (χ0n) is 13.1. The largest absolute Gasteiger partial charge is 0.469 e. The molecular formula is C15H25N3O3. The van der Waals surface area contributed by atoms with Crippen LogP contribution in [0.1, 0.15) is 19.8 Å². The van der Waals surface area contributed by atoms with E-state index in [4.69, 9.17) is 14.7 Å². The zero-order chi connectivity index (χ0) is 15.7. The molecule has 1 aliphatic rings. The van der Waals surface area contributed by atoms with Gasteiger partial charge < -0.3 is 19.7 Å². The number of rotatable bonds is 7. The number of methoxy groups -OCH3 is 2. The lowest BCUT2D eigenvalue weighted by atomic mass is 9.97. The van der Waals surface area contributed by atoms with Crippen LogP contribution in [0, 0.1) is 17.2 Å². The number of carbonyl (C=O) groups is 1. The van der Waals surface area contributed by atoms with Crippen LogP contribution in [0.3, 0.4) is 0 Å². The normalized spacial score (nSPS) is 18.9. The number of nitriles is 1. The number of carbonyl (C=O) groups excluding carboxylic acids is 1. The molecule has 0 spiro atoms. The minimum absolute atomic E-state index is 0.0480. The molecule has 0 radical (unpaired) electrons. The van der Waals surface area contributed by atoms with Crippen molar-refractivity contribution in [2.45, 2.75) is 25.9 Å². The van der Waals surface area contributed by atoms with Gasteiger partial charge in [0.2, 0.25) is 0 Å². The maximum absolute atomic E-state index is 11.4. The lowest BCUT2D eigenvalue weighted by Gasteiger charge is -2.30. The van der Waals surface area contributed by atoms with Crippen LogP contribution in [0.15, 0.2) is 11.8 Å². The average molecular weight is 295 g/mol. The summed E-state index contributed by atoms with van der Waals surface area (Å²) in [6.45, 7) is 5.32. The van der Waals surface area contributed by atoms with Crippen molar-refractivity contribution in [2.24, 2.45) is 5.92 Å². The molecule has 1 atom stereocenters. The van der Waals surface area contributed by atoms with E-state index in [1.165, 1.54) is 7.11 Å². The Kier molecular flexibility index (Phi) is 7.80. The van der Waals surface area contributed by atoms with E-state index in [1.54, 1.807) is 13.3 Å². The van der Waals surface area contributed by atoms with Crippen LogP contribution in [0.2, 0.25) is 0 Å². The summed E-state index contributed by atoms with van der Waals surface area (Å²) in [7, 11) is 3.03. The maximum Gasteiger partial charge on any atom is 0.308 e. The summed E-state index contributed by atoms with van der Waals surface area (Å²) >= 11 is 0. The van der Waals surface area contributed by atoms with Crippen molar-refractivity contribution in [3.63, 3.8) is 0 Å². The molecule has 0 amide bonds. The van der Waals surface area contributed by atoms with Gasteiger partial charge in [-0.05, 0) is 32.9 Å². The Bertz CT molecular complexity index is 395. The number of esters is 1.